The zero-order chi connectivity index (χ0) is 15.7. The molecule has 0 aliphatic carbocycles. The van der Waals surface area contributed by atoms with Crippen LogP contribution in [-0.2, 0) is 4.74 Å². The van der Waals surface area contributed by atoms with E-state index in [0.717, 1.165) is 0 Å². The van der Waals surface area contributed by atoms with Gasteiger partial charge in [-0.3, -0.25) is 4.79 Å². The predicted molar refractivity (Wildman–Crippen MR) is 79.1 cm³/mol. The van der Waals surface area contributed by atoms with E-state index in [4.69, 9.17) is 0 Å². The van der Waals surface area contributed by atoms with Gasteiger partial charge in [0.1, 0.15) is 11.6 Å². The third-order valence-electron chi connectivity index (χ3n) is 3.25. The third-order valence-corrected chi connectivity index (χ3v) is 3.25. The van der Waals surface area contributed by atoms with Crippen LogP contribution < -0.4 is 5.56 Å². The van der Waals surface area contributed by atoms with Gasteiger partial charge in [0.2, 0.25) is 0 Å². The Bertz CT molecular complexity index is 917. The molecule has 0 saturated carbocycles. The summed E-state index contributed by atoms with van der Waals surface area (Å²) < 4.78 is 17.9. The van der Waals surface area contributed by atoms with E-state index < -0.39 is 11.8 Å². The zero-order valence-corrected chi connectivity index (χ0v) is 11.6. The number of hydrogen-bond donors (Lipinski definition) is 1. The number of esters is 1. The van der Waals surface area contributed by atoms with Crippen molar-refractivity contribution in [1.82, 2.24) is 9.97 Å². The van der Waals surface area contributed by atoms with Crippen LogP contribution in [0, 0.1) is 5.82 Å². The van der Waals surface area contributed by atoms with Crippen molar-refractivity contribution < 1.29 is 13.9 Å². The van der Waals surface area contributed by atoms with Crippen LogP contribution in [0.25, 0.3) is 22.3 Å². The van der Waals surface area contributed by atoms with Gasteiger partial charge in [0, 0.05) is 11.6 Å². The van der Waals surface area contributed by atoms with Crippen molar-refractivity contribution in [3.05, 3.63) is 64.2 Å². The highest BCUT2D eigenvalue weighted by Crippen LogP contribution is 2.18. The van der Waals surface area contributed by atoms with Crippen LogP contribution in [0.3, 0.4) is 0 Å². The Balaban J connectivity index is 2.10. The highest BCUT2D eigenvalue weighted by atomic mass is 19.1. The van der Waals surface area contributed by atoms with Gasteiger partial charge in [0.05, 0.1) is 23.6 Å². The van der Waals surface area contributed by atoms with E-state index in [0.29, 0.717) is 22.3 Å². The van der Waals surface area contributed by atoms with Crippen molar-refractivity contribution in [2.45, 2.75) is 0 Å². The van der Waals surface area contributed by atoms with Gasteiger partial charge in [-0.25, -0.2) is 14.2 Å². The maximum Gasteiger partial charge on any atom is 0.337 e. The maximum absolute atomic E-state index is 13.3. The van der Waals surface area contributed by atoms with Gasteiger partial charge >= 0.3 is 5.97 Å². The number of aromatic amines is 1. The normalized spacial score (nSPS) is 10.6. The van der Waals surface area contributed by atoms with Crippen molar-refractivity contribution in [2.24, 2.45) is 0 Å². The van der Waals surface area contributed by atoms with Crippen molar-refractivity contribution >= 4 is 16.9 Å². The second-order valence-corrected chi connectivity index (χ2v) is 4.64. The van der Waals surface area contributed by atoms with Gasteiger partial charge in [-0.2, -0.15) is 0 Å². The minimum atomic E-state index is -0.461. The van der Waals surface area contributed by atoms with Crippen molar-refractivity contribution in [3.63, 3.8) is 0 Å². The average molecular weight is 298 g/mol. The number of carbonyl (C=O) groups is 1. The van der Waals surface area contributed by atoms with E-state index in [1.807, 2.05) is 0 Å². The first-order chi connectivity index (χ1) is 10.6. The van der Waals surface area contributed by atoms with Gasteiger partial charge in [-0.15, -0.1) is 0 Å². The summed E-state index contributed by atoms with van der Waals surface area (Å²) in [6.07, 6.45) is 0. The monoisotopic (exact) mass is 298 g/mol. The number of H-pyrrole nitrogens is 1. The SMILES string of the molecule is COC(=O)c1ccc(-c2nc3cc(F)ccc3c(=O)[nH]2)cc1. The number of nitrogens with zero attached hydrogens (tertiary/aromatic N) is 1. The number of rotatable bonds is 2. The molecule has 1 N–H and O–H groups in total. The van der Waals surface area contributed by atoms with Crippen LogP contribution in [0.5, 0.6) is 0 Å². The van der Waals surface area contributed by atoms with E-state index in [-0.39, 0.29) is 11.1 Å². The molecule has 0 unspecified atom stereocenters. The molecule has 0 spiro atoms. The van der Waals surface area contributed by atoms with E-state index in [1.54, 1.807) is 24.3 Å². The number of benzene rings is 2. The van der Waals surface area contributed by atoms with Crippen molar-refractivity contribution in [1.29, 1.82) is 0 Å². The van der Waals surface area contributed by atoms with E-state index in [2.05, 4.69) is 14.7 Å². The third kappa shape index (κ3) is 2.46. The first-order valence-corrected chi connectivity index (χ1v) is 6.47. The summed E-state index contributed by atoms with van der Waals surface area (Å²) in [5.41, 5.74) is 0.921. The van der Waals surface area contributed by atoms with Gasteiger partial charge in [-0.05, 0) is 24.3 Å². The molecule has 22 heavy (non-hydrogen) atoms. The Labute approximate surface area is 124 Å². The lowest BCUT2D eigenvalue weighted by Crippen LogP contribution is -2.09. The number of halogens is 1. The van der Waals surface area contributed by atoms with Crippen LogP contribution >= 0.6 is 0 Å². The minimum absolute atomic E-state index is 0.274. The lowest BCUT2D eigenvalue weighted by atomic mass is 10.1. The van der Waals surface area contributed by atoms with Crippen LogP contribution in [0.4, 0.5) is 4.39 Å². The van der Waals surface area contributed by atoms with E-state index in [9.17, 15) is 14.0 Å². The molecule has 0 bridgehead atoms. The Morgan fingerprint density at radius 2 is 1.91 bits per heavy atom. The van der Waals surface area contributed by atoms with Gasteiger partial charge in [-0.1, -0.05) is 12.1 Å². The predicted octanol–water partition coefficient (Wildman–Crippen LogP) is 2.52. The fraction of sp³-hybridized carbons (Fsp3) is 0.0625. The summed E-state index contributed by atoms with van der Waals surface area (Å²) in [5, 5.41) is 0.316. The molecule has 0 radical (unpaired) electrons. The maximum atomic E-state index is 13.3. The molecule has 3 rings (SSSR count). The molecule has 0 amide bonds. The second-order valence-electron chi connectivity index (χ2n) is 4.64. The average Bonchev–Trinajstić information content (AvgIpc) is 2.53. The fourth-order valence-electron chi connectivity index (χ4n) is 2.13. The lowest BCUT2D eigenvalue weighted by molar-refractivity contribution is 0.0601. The molecule has 6 heteroatoms. The van der Waals surface area contributed by atoms with Gasteiger partial charge < -0.3 is 9.72 Å². The number of nitrogens with one attached hydrogen (secondary N) is 1. The van der Waals surface area contributed by atoms with Crippen LogP contribution in [0.15, 0.2) is 47.3 Å². The summed E-state index contributed by atoms with van der Waals surface area (Å²) in [5.74, 6) is -0.606. The first kappa shape index (κ1) is 13.9. The highest BCUT2D eigenvalue weighted by molar-refractivity contribution is 5.90. The molecule has 0 aliphatic heterocycles. The number of methoxy groups -OCH3 is 1. The molecule has 0 fully saturated rings. The number of carbonyl (C=O) groups excluding carboxylic acids is 1. The summed E-state index contributed by atoms with van der Waals surface area (Å²) in [6.45, 7) is 0. The summed E-state index contributed by atoms with van der Waals surface area (Å²) in [6, 6.07) is 10.2. The molecule has 1 aromatic heterocycles. The second kappa shape index (κ2) is 5.40. The molecule has 0 atom stereocenters. The van der Waals surface area contributed by atoms with Crippen molar-refractivity contribution in [2.75, 3.05) is 7.11 Å². The van der Waals surface area contributed by atoms with Gasteiger partial charge in [0.15, 0.2) is 0 Å². The summed E-state index contributed by atoms with van der Waals surface area (Å²) in [4.78, 5) is 30.3. The quantitative estimate of drug-likeness (QED) is 0.738. The standard InChI is InChI=1S/C16H11FN2O3/c1-22-16(21)10-4-2-9(3-5-10)14-18-13-8-11(17)6-7-12(13)15(20)19-14/h2-8H,1H3,(H,18,19,20). The molecule has 110 valence electrons. The first-order valence-electron chi connectivity index (χ1n) is 6.47. The molecule has 1 heterocycles. The van der Waals surface area contributed by atoms with E-state index in [1.165, 1.54) is 25.3 Å². The number of aromatic nitrogens is 2. The van der Waals surface area contributed by atoms with Crippen LogP contribution in [0.1, 0.15) is 10.4 Å². The Morgan fingerprint density at radius 1 is 1.18 bits per heavy atom. The largest absolute Gasteiger partial charge is 0.465 e. The Hall–Kier alpha value is -3.02. The topological polar surface area (TPSA) is 72.0 Å². The van der Waals surface area contributed by atoms with Crippen LogP contribution in [0.2, 0.25) is 0 Å². The highest BCUT2D eigenvalue weighted by Gasteiger charge is 2.09. The summed E-state index contributed by atoms with van der Waals surface area (Å²) in [7, 11) is 1.30. The van der Waals surface area contributed by atoms with Crippen molar-refractivity contribution in [3.8, 4) is 11.4 Å². The molecule has 0 saturated heterocycles. The van der Waals surface area contributed by atoms with Gasteiger partial charge in [0.25, 0.3) is 5.56 Å². The Morgan fingerprint density at radius 3 is 2.59 bits per heavy atom. The van der Waals surface area contributed by atoms with E-state index >= 15 is 0 Å². The lowest BCUT2D eigenvalue weighted by Gasteiger charge is -2.04. The Kier molecular flexibility index (Phi) is 3.42. The molecule has 3 aromatic rings. The zero-order valence-electron chi connectivity index (χ0n) is 11.6. The molecule has 0 aliphatic rings. The van der Waals surface area contributed by atoms with Crippen LogP contribution in [-0.4, -0.2) is 23.0 Å². The molecule has 5 nitrogen and oxygen atoms in total. The molecular weight excluding hydrogens is 287 g/mol. The number of ether oxygens (including phenoxy) is 1. The molecule has 2 aromatic carbocycles. The summed E-state index contributed by atoms with van der Waals surface area (Å²) >= 11 is 0. The number of hydrogen-bond acceptors (Lipinski definition) is 4. The smallest absolute Gasteiger partial charge is 0.337 e. The minimum Gasteiger partial charge on any atom is -0.465 e. The number of fused-ring (bicyclic) bond motifs is 1. The fourth-order valence-corrected chi connectivity index (χ4v) is 2.13. The molecular formula is C16H11FN2O3.